The van der Waals surface area contributed by atoms with Gasteiger partial charge in [0.25, 0.3) is 5.91 Å². The maximum atomic E-state index is 12.6. The Labute approximate surface area is 161 Å². The molecule has 0 fully saturated rings. The van der Waals surface area contributed by atoms with Crippen LogP contribution >= 0.6 is 0 Å². The normalized spacial score (nSPS) is 11.1. The Morgan fingerprint density at radius 1 is 0.964 bits per heavy atom. The second-order valence-corrected chi connectivity index (χ2v) is 7.24. The van der Waals surface area contributed by atoms with Crippen LogP contribution in [0.3, 0.4) is 0 Å². The van der Waals surface area contributed by atoms with Gasteiger partial charge in [-0.3, -0.25) is 14.9 Å². The molecule has 0 saturated heterocycles. The lowest BCUT2D eigenvalue weighted by molar-refractivity contribution is 0.0636. The molecule has 1 heterocycles. The molecule has 1 aromatic heterocycles. The molecule has 2 aromatic carbocycles. The third kappa shape index (κ3) is 4.56. The van der Waals surface area contributed by atoms with Gasteiger partial charge >= 0.3 is 6.09 Å². The van der Waals surface area contributed by atoms with Crippen LogP contribution in [0.4, 0.5) is 16.2 Å². The topological polar surface area (TPSA) is 100 Å². The van der Waals surface area contributed by atoms with Gasteiger partial charge < -0.3 is 15.0 Å². The average Bonchev–Trinajstić information content (AvgIpc) is 2.60. The van der Waals surface area contributed by atoms with E-state index in [2.05, 4.69) is 15.6 Å². The molecular formula is C21H21N3O4. The first-order valence-electron chi connectivity index (χ1n) is 8.75. The summed E-state index contributed by atoms with van der Waals surface area (Å²) < 4.78 is 5.21. The van der Waals surface area contributed by atoms with Gasteiger partial charge in [0.15, 0.2) is 0 Å². The van der Waals surface area contributed by atoms with Crippen molar-refractivity contribution >= 4 is 34.3 Å². The van der Waals surface area contributed by atoms with E-state index >= 15 is 0 Å². The number of nitrogens with one attached hydrogen (secondary N) is 3. The fourth-order valence-electron chi connectivity index (χ4n) is 2.63. The van der Waals surface area contributed by atoms with E-state index in [1.54, 1.807) is 69.3 Å². The molecule has 0 spiro atoms. The highest BCUT2D eigenvalue weighted by atomic mass is 16.6. The van der Waals surface area contributed by atoms with Crippen LogP contribution in [-0.2, 0) is 4.74 Å². The Kier molecular flexibility index (Phi) is 5.17. The number of anilines is 2. The van der Waals surface area contributed by atoms with Gasteiger partial charge in [-0.2, -0.15) is 0 Å². The van der Waals surface area contributed by atoms with E-state index < -0.39 is 17.6 Å². The zero-order valence-corrected chi connectivity index (χ0v) is 15.8. The lowest BCUT2D eigenvalue weighted by Gasteiger charge is -2.19. The van der Waals surface area contributed by atoms with Gasteiger partial charge in [-0.15, -0.1) is 0 Å². The third-order valence-electron chi connectivity index (χ3n) is 3.80. The van der Waals surface area contributed by atoms with Crippen molar-refractivity contribution in [2.45, 2.75) is 26.4 Å². The van der Waals surface area contributed by atoms with Crippen LogP contribution in [0.1, 0.15) is 31.1 Å². The van der Waals surface area contributed by atoms with Crippen molar-refractivity contribution in [2.24, 2.45) is 0 Å². The molecule has 0 aliphatic rings. The second-order valence-electron chi connectivity index (χ2n) is 7.24. The Hall–Kier alpha value is -3.61. The van der Waals surface area contributed by atoms with Gasteiger partial charge in [0.1, 0.15) is 11.2 Å². The van der Waals surface area contributed by atoms with E-state index in [0.29, 0.717) is 22.3 Å². The number of para-hydroxylation sites is 1. The molecule has 0 aliphatic heterocycles. The maximum Gasteiger partial charge on any atom is 0.412 e. The minimum Gasteiger partial charge on any atom is -0.444 e. The van der Waals surface area contributed by atoms with Crippen LogP contribution in [0.25, 0.3) is 10.9 Å². The first-order chi connectivity index (χ1) is 13.2. The Balaban J connectivity index is 1.77. The highest BCUT2D eigenvalue weighted by Crippen LogP contribution is 2.17. The predicted octanol–water partition coefficient (Wildman–Crippen LogP) is 4.13. The van der Waals surface area contributed by atoms with E-state index in [1.165, 1.54) is 6.20 Å². The minimum absolute atomic E-state index is 0.00389. The van der Waals surface area contributed by atoms with Crippen molar-refractivity contribution in [2.75, 3.05) is 10.6 Å². The SMILES string of the molecule is CC(C)(C)OC(=O)Nc1cccc(NC(=O)c2c[nH]c3ccccc3c2=O)c1. The average molecular weight is 379 g/mol. The van der Waals surface area contributed by atoms with Crippen molar-refractivity contribution in [3.05, 3.63) is 70.5 Å². The molecule has 28 heavy (non-hydrogen) atoms. The standard InChI is InChI=1S/C21H21N3O4/c1-21(2,3)28-20(27)24-14-8-6-7-13(11-14)23-19(26)16-12-22-17-10-5-4-9-15(17)18(16)25/h4-12H,1-3H3,(H,22,25)(H,23,26)(H,24,27). The number of hydrogen-bond donors (Lipinski definition) is 3. The number of fused-ring (bicyclic) bond motifs is 1. The van der Waals surface area contributed by atoms with Gasteiger partial charge in [-0.05, 0) is 51.1 Å². The van der Waals surface area contributed by atoms with Crippen molar-refractivity contribution < 1.29 is 14.3 Å². The molecular weight excluding hydrogens is 358 g/mol. The Bertz CT molecular complexity index is 1100. The number of rotatable bonds is 3. The number of carbonyl (C=O) groups excluding carboxylic acids is 2. The number of amides is 2. The number of aromatic amines is 1. The molecule has 0 aliphatic carbocycles. The van der Waals surface area contributed by atoms with Crippen LogP contribution in [0.15, 0.2) is 59.5 Å². The Morgan fingerprint density at radius 2 is 1.64 bits per heavy atom. The van der Waals surface area contributed by atoms with Crippen molar-refractivity contribution in [3.8, 4) is 0 Å². The highest BCUT2D eigenvalue weighted by Gasteiger charge is 2.17. The lowest BCUT2D eigenvalue weighted by Crippen LogP contribution is -2.27. The van der Waals surface area contributed by atoms with Crippen LogP contribution in [-0.4, -0.2) is 22.6 Å². The zero-order chi connectivity index (χ0) is 20.3. The van der Waals surface area contributed by atoms with Crippen LogP contribution in [0.5, 0.6) is 0 Å². The summed E-state index contributed by atoms with van der Waals surface area (Å²) in [6.07, 6.45) is 0.796. The summed E-state index contributed by atoms with van der Waals surface area (Å²) in [5, 5.41) is 5.72. The molecule has 3 N–H and O–H groups in total. The van der Waals surface area contributed by atoms with E-state index in [9.17, 15) is 14.4 Å². The number of ether oxygens (including phenoxy) is 1. The van der Waals surface area contributed by atoms with Gasteiger partial charge in [-0.1, -0.05) is 18.2 Å². The lowest BCUT2D eigenvalue weighted by atomic mass is 10.1. The first-order valence-corrected chi connectivity index (χ1v) is 8.75. The molecule has 144 valence electrons. The van der Waals surface area contributed by atoms with E-state index in [1.807, 2.05) is 0 Å². The van der Waals surface area contributed by atoms with Crippen molar-refractivity contribution in [1.29, 1.82) is 0 Å². The molecule has 7 heteroatoms. The van der Waals surface area contributed by atoms with E-state index in [4.69, 9.17) is 4.74 Å². The minimum atomic E-state index is -0.618. The second kappa shape index (κ2) is 7.56. The number of pyridine rings is 1. The number of hydrogen-bond acceptors (Lipinski definition) is 4. The smallest absolute Gasteiger partial charge is 0.412 e. The van der Waals surface area contributed by atoms with Crippen molar-refractivity contribution in [3.63, 3.8) is 0 Å². The number of benzene rings is 2. The monoisotopic (exact) mass is 379 g/mol. The molecule has 3 rings (SSSR count). The Morgan fingerprint density at radius 3 is 2.36 bits per heavy atom. The fraction of sp³-hybridized carbons (Fsp3) is 0.190. The van der Waals surface area contributed by atoms with E-state index in [0.717, 1.165) is 0 Å². The largest absolute Gasteiger partial charge is 0.444 e. The molecule has 0 atom stereocenters. The van der Waals surface area contributed by atoms with Crippen molar-refractivity contribution in [1.82, 2.24) is 4.98 Å². The molecule has 0 bridgehead atoms. The summed E-state index contributed by atoms with van der Waals surface area (Å²) in [6.45, 7) is 5.30. The van der Waals surface area contributed by atoms with Crippen LogP contribution in [0.2, 0.25) is 0 Å². The molecule has 0 unspecified atom stereocenters. The summed E-state index contributed by atoms with van der Waals surface area (Å²) >= 11 is 0. The number of carbonyl (C=O) groups is 2. The van der Waals surface area contributed by atoms with Gasteiger partial charge in [0.2, 0.25) is 5.43 Å². The summed E-state index contributed by atoms with van der Waals surface area (Å²) in [5.74, 6) is -0.540. The summed E-state index contributed by atoms with van der Waals surface area (Å²) in [5.41, 5.74) is 0.588. The number of aromatic nitrogens is 1. The third-order valence-corrected chi connectivity index (χ3v) is 3.80. The first kappa shape index (κ1) is 19.2. The summed E-state index contributed by atoms with van der Waals surface area (Å²) in [6, 6.07) is 13.6. The van der Waals surface area contributed by atoms with E-state index in [-0.39, 0.29) is 11.0 Å². The molecule has 2 amide bonds. The van der Waals surface area contributed by atoms with Crippen LogP contribution in [0, 0.1) is 0 Å². The summed E-state index contributed by atoms with van der Waals surface area (Å²) in [7, 11) is 0. The highest BCUT2D eigenvalue weighted by molar-refractivity contribution is 6.06. The van der Waals surface area contributed by atoms with Crippen LogP contribution < -0.4 is 16.1 Å². The molecule has 3 aromatic rings. The summed E-state index contributed by atoms with van der Waals surface area (Å²) in [4.78, 5) is 39.9. The molecule has 0 saturated carbocycles. The van der Waals surface area contributed by atoms with Gasteiger partial charge in [0, 0.05) is 28.5 Å². The maximum absolute atomic E-state index is 12.6. The van der Waals surface area contributed by atoms with Gasteiger partial charge in [0.05, 0.1) is 0 Å². The zero-order valence-electron chi connectivity index (χ0n) is 15.8. The fourth-order valence-corrected chi connectivity index (χ4v) is 2.63. The quantitative estimate of drug-likeness (QED) is 0.637. The molecule has 0 radical (unpaired) electrons. The predicted molar refractivity (Wildman–Crippen MR) is 109 cm³/mol. The molecule has 7 nitrogen and oxygen atoms in total. The number of H-pyrrole nitrogens is 1. The van der Waals surface area contributed by atoms with Gasteiger partial charge in [-0.25, -0.2) is 4.79 Å².